The third kappa shape index (κ3) is 4.52. The maximum Gasteiger partial charge on any atom is 0.272 e. The molecule has 1 amide bonds. The maximum absolute atomic E-state index is 13.1. The summed E-state index contributed by atoms with van der Waals surface area (Å²) in [4.78, 5) is 23.5. The van der Waals surface area contributed by atoms with Gasteiger partial charge in [0, 0.05) is 19.1 Å². The lowest BCUT2D eigenvalue weighted by Gasteiger charge is -2.42. The molecule has 1 aromatic rings. The minimum atomic E-state index is -3.19. The molecule has 3 heterocycles. The SMILES string of the molecule is CCC(C(C)O)N1C(=O)C(C)(C)Oc2cnc(NC3CCN(S(C)(=O)=O)CC3)nc21. The Kier molecular flexibility index (Phi) is 6.26. The Morgan fingerprint density at radius 3 is 2.53 bits per heavy atom. The predicted molar refractivity (Wildman–Crippen MR) is 113 cm³/mol. The summed E-state index contributed by atoms with van der Waals surface area (Å²) in [5, 5.41) is 13.5. The zero-order valence-corrected chi connectivity index (χ0v) is 18.9. The monoisotopic (exact) mass is 441 g/mol. The minimum absolute atomic E-state index is 0.0184. The van der Waals surface area contributed by atoms with E-state index in [0.717, 1.165) is 0 Å². The molecule has 2 atom stereocenters. The zero-order chi connectivity index (χ0) is 22.3. The molecule has 1 saturated heterocycles. The quantitative estimate of drug-likeness (QED) is 0.669. The first-order valence-electron chi connectivity index (χ1n) is 10.2. The van der Waals surface area contributed by atoms with Gasteiger partial charge >= 0.3 is 0 Å². The van der Waals surface area contributed by atoms with Crippen molar-refractivity contribution in [2.24, 2.45) is 0 Å². The second kappa shape index (κ2) is 8.27. The van der Waals surface area contributed by atoms with Gasteiger partial charge in [-0.15, -0.1) is 0 Å². The van der Waals surface area contributed by atoms with Crippen LogP contribution in [0, 0.1) is 0 Å². The van der Waals surface area contributed by atoms with Crippen molar-refractivity contribution in [1.29, 1.82) is 0 Å². The molecule has 1 fully saturated rings. The normalized spacial score (nSPS) is 22.2. The molecule has 0 saturated carbocycles. The van der Waals surface area contributed by atoms with Gasteiger partial charge in [-0.2, -0.15) is 4.98 Å². The number of aromatic nitrogens is 2. The molecule has 2 aliphatic rings. The van der Waals surface area contributed by atoms with Gasteiger partial charge in [0.15, 0.2) is 17.2 Å². The summed E-state index contributed by atoms with van der Waals surface area (Å²) in [6.45, 7) is 7.79. The lowest BCUT2D eigenvalue weighted by Crippen LogP contribution is -2.58. The number of hydrogen-bond acceptors (Lipinski definition) is 8. The van der Waals surface area contributed by atoms with Crippen LogP contribution in [-0.4, -0.2) is 76.8 Å². The van der Waals surface area contributed by atoms with Gasteiger partial charge in [-0.1, -0.05) is 6.92 Å². The van der Waals surface area contributed by atoms with Gasteiger partial charge in [0.1, 0.15) is 0 Å². The van der Waals surface area contributed by atoms with Gasteiger partial charge in [0.05, 0.1) is 24.6 Å². The Morgan fingerprint density at radius 1 is 1.37 bits per heavy atom. The van der Waals surface area contributed by atoms with Gasteiger partial charge in [-0.05, 0) is 40.0 Å². The zero-order valence-electron chi connectivity index (χ0n) is 18.1. The molecule has 2 N–H and O–H groups in total. The van der Waals surface area contributed by atoms with E-state index in [4.69, 9.17) is 4.74 Å². The molecular formula is C19H31N5O5S. The van der Waals surface area contributed by atoms with E-state index in [2.05, 4.69) is 15.3 Å². The fourth-order valence-electron chi connectivity index (χ4n) is 3.94. The summed E-state index contributed by atoms with van der Waals surface area (Å²) < 4.78 is 30.7. The van der Waals surface area contributed by atoms with Crippen LogP contribution in [0.25, 0.3) is 0 Å². The molecule has 30 heavy (non-hydrogen) atoms. The van der Waals surface area contributed by atoms with Gasteiger partial charge in [0.2, 0.25) is 16.0 Å². The van der Waals surface area contributed by atoms with E-state index >= 15 is 0 Å². The van der Waals surface area contributed by atoms with Crippen molar-refractivity contribution < 1.29 is 23.1 Å². The molecule has 2 aliphatic heterocycles. The van der Waals surface area contributed by atoms with Crippen LogP contribution < -0.4 is 15.0 Å². The number of carbonyl (C=O) groups is 1. The molecule has 3 rings (SSSR count). The number of rotatable bonds is 6. The number of nitrogens with one attached hydrogen (secondary N) is 1. The highest BCUT2D eigenvalue weighted by Gasteiger charge is 2.45. The number of fused-ring (bicyclic) bond motifs is 1. The summed E-state index contributed by atoms with van der Waals surface area (Å²) in [7, 11) is -3.19. The average molecular weight is 442 g/mol. The topological polar surface area (TPSA) is 125 Å². The Labute approximate surface area is 177 Å². The number of sulfonamides is 1. The van der Waals surface area contributed by atoms with Gasteiger partial charge in [-0.3, -0.25) is 9.69 Å². The van der Waals surface area contributed by atoms with Crippen molar-refractivity contribution in [1.82, 2.24) is 14.3 Å². The lowest BCUT2D eigenvalue weighted by atomic mass is 10.0. The molecule has 0 spiro atoms. The highest BCUT2D eigenvalue weighted by Crippen LogP contribution is 2.38. The van der Waals surface area contributed by atoms with E-state index in [0.29, 0.717) is 49.9 Å². The van der Waals surface area contributed by atoms with E-state index < -0.39 is 27.8 Å². The molecule has 0 aromatic carbocycles. The number of nitrogens with zero attached hydrogens (tertiary/aromatic N) is 4. The third-order valence-electron chi connectivity index (χ3n) is 5.63. The maximum atomic E-state index is 13.1. The smallest absolute Gasteiger partial charge is 0.272 e. The predicted octanol–water partition coefficient (Wildman–Crippen LogP) is 0.976. The third-order valence-corrected chi connectivity index (χ3v) is 6.93. The summed E-state index contributed by atoms with van der Waals surface area (Å²) in [5.41, 5.74) is -1.09. The van der Waals surface area contributed by atoms with E-state index in [-0.39, 0.29) is 11.9 Å². The number of ether oxygens (including phenoxy) is 1. The molecule has 0 aliphatic carbocycles. The average Bonchev–Trinajstić information content (AvgIpc) is 2.65. The Bertz CT molecular complexity index is 897. The fraction of sp³-hybridized carbons (Fsp3) is 0.737. The highest BCUT2D eigenvalue weighted by molar-refractivity contribution is 7.88. The Balaban J connectivity index is 1.84. The van der Waals surface area contributed by atoms with Crippen LogP contribution in [0.15, 0.2) is 6.20 Å². The first-order valence-corrected chi connectivity index (χ1v) is 12.1. The van der Waals surface area contributed by atoms with Crippen LogP contribution in [0.4, 0.5) is 11.8 Å². The number of carbonyl (C=O) groups excluding carboxylic acids is 1. The number of anilines is 2. The molecule has 0 bridgehead atoms. The number of aliphatic hydroxyl groups excluding tert-OH is 1. The summed E-state index contributed by atoms with van der Waals surface area (Å²) in [5.74, 6) is 0.788. The molecule has 10 nitrogen and oxygen atoms in total. The molecule has 11 heteroatoms. The second-order valence-corrected chi connectivity index (χ2v) is 10.4. The molecule has 1 aromatic heterocycles. The van der Waals surface area contributed by atoms with Gasteiger partial charge in [-0.25, -0.2) is 17.7 Å². The van der Waals surface area contributed by atoms with Crippen LogP contribution in [0.3, 0.4) is 0 Å². The number of aliphatic hydroxyl groups is 1. The molecule has 168 valence electrons. The van der Waals surface area contributed by atoms with Crippen LogP contribution in [0.5, 0.6) is 5.75 Å². The Morgan fingerprint density at radius 2 is 2.00 bits per heavy atom. The summed E-state index contributed by atoms with van der Waals surface area (Å²) >= 11 is 0. The van der Waals surface area contributed by atoms with Crippen molar-refractivity contribution in [3.05, 3.63) is 6.20 Å². The fourth-order valence-corrected chi connectivity index (χ4v) is 4.82. The van der Waals surface area contributed by atoms with Gasteiger partial charge < -0.3 is 15.2 Å². The first kappa shape index (κ1) is 22.7. The van der Waals surface area contributed by atoms with E-state index in [1.807, 2.05) is 6.92 Å². The number of hydrogen-bond donors (Lipinski definition) is 2. The van der Waals surface area contributed by atoms with Gasteiger partial charge in [0.25, 0.3) is 5.91 Å². The highest BCUT2D eigenvalue weighted by atomic mass is 32.2. The Hall–Kier alpha value is -1.98. The second-order valence-electron chi connectivity index (χ2n) is 8.47. The molecular weight excluding hydrogens is 410 g/mol. The van der Waals surface area contributed by atoms with Crippen LogP contribution in [-0.2, 0) is 14.8 Å². The first-order chi connectivity index (χ1) is 13.9. The van der Waals surface area contributed by atoms with Crippen LogP contribution in [0.2, 0.25) is 0 Å². The lowest BCUT2D eigenvalue weighted by molar-refractivity contribution is -0.134. The minimum Gasteiger partial charge on any atom is -0.472 e. The number of amides is 1. The molecule has 2 unspecified atom stereocenters. The van der Waals surface area contributed by atoms with E-state index in [1.54, 1.807) is 20.8 Å². The largest absolute Gasteiger partial charge is 0.472 e. The molecule has 0 radical (unpaired) electrons. The standard InChI is InChI=1S/C19H31N5O5S/c1-6-14(12(2)25)24-16-15(29-19(3,4)17(24)26)11-20-18(22-16)21-13-7-9-23(10-8-13)30(5,27)28/h11-14,25H,6-10H2,1-5H3,(H,20,21,22). The van der Waals surface area contributed by atoms with Crippen LogP contribution in [0.1, 0.15) is 47.0 Å². The number of piperidine rings is 1. The van der Waals surface area contributed by atoms with E-state index in [1.165, 1.54) is 21.7 Å². The van der Waals surface area contributed by atoms with Crippen molar-refractivity contribution in [2.45, 2.75) is 70.7 Å². The van der Waals surface area contributed by atoms with Crippen molar-refractivity contribution in [3.63, 3.8) is 0 Å². The van der Waals surface area contributed by atoms with Crippen molar-refractivity contribution in [2.75, 3.05) is 29.6 Å². The van der Waals surface area contributed by atoms with Crippen LogP contribution >= 0.6 is 0 Å². The van der Waals surface area contributed by atoms with Crippen molar-refractivity contribution in [3.8, 4) is 5.75 Å². The summed E-state index contributed by atoms with van der Waals surface area (Å²) in [6.07, 6.45) is 3.82. The van der Waals surface area contributed by atoms with E-state index in [9.17, 15) is 18.3 Å². The van der Waals surface area contributed by atoms with Crippen molar-refractivity contribution >= 4 is 27.7 Å². The summed E-state index contributed by atoms with van der Waals surface area (Å²) in [6, 6.07) is -0.426.